The lowest BCUT2D eigenvalue weighted by molar-refractivity contribution is 0.487. The second-order valence-corrected chi connectivity index (χ2v) is 26.3. The predicted molar refractivity (Wildman–Crippen MR) is 406 cm³/mol. The van der Waals surface area contributed by atoms with Gasteiger partial charge in [-0.1, -0.05) is 206 Å². The lowest BCUT2D eigenvalue weighted by atomic mass is 9.34. The average molecular weight is 1230 g/mol. The topological polar surface area (TPSA) is 33.9 Å². The molecule has 0 fully saturated rings. The van der Waals surface area contributed by atoms with Crippen molar-refractivity contribution in [2.75, 3.05) is 0 Å². The molecule has 0 unspecified atom stereocenters. The van der Waals surface area contributed by atoms with E-state index in [2.05, 4.69) is 350 Å². The normalized spacial score (nSPS) is 12.6. The van der Waals surface area contributed by atoms with E-state index < -0.39 is 0 Å². The minimum atomic E-state index is -0.188. The van der Waals surface area contributed by atoms with Gasteiger partial charge in [0.25, 0.3) is 6.71 Å². The number of hydrogen-bond acceptors (Lipinski definition) is 1. The fourth-order valence-corrected chi connectivity index (χ4v) is 17.2. The fourth-order valence-electron chi connectivity index (χ4n) is 17.2. The van der Waals surface area contributed by atoms with Gasteiger partial charge in [0, 0.05) is 87.8 Å². The first-order valence-corrected chi connectivity index (χ1v) is 33.5. The van der Waals surface area contributed by atoms with E-state index in [0.717, 1.165) is 101 Å². The van der Waals surface area contributed by atoms with Crippen LogP contribution in [0.4, 0.5) is 0 Å². The van der Waals surface area contributed by atoms with E-state index in [0.29, 0.717) is 0 Å². The first-order chi connectivity index (χ1) is 48.1. The van der Waals surface area contributed by atoms with Crippen LogP contribution in [0, 0.1) is 0 Å². The Kier molecular flexibility index (Phi) is 10.8. The summed E-state index contributed by atoms with van der Waals surface area (Å²) < 4.78 is 20.0. The molecular weight excluding hydrogens is 1180 g/mol. The van der Waals surface area contributed by atoms with Crippen molar-refractivity contribution in [3.8, 4) is 73.3 Å². The van der Waals surface area contributed by atoms with Crippen molar-refractivity contribution in [1.82, 2.24) is 22.8 Å². The highest BCUT2D eigenvalue weighted by Gasteiger charge is 2.42. The second-order valence-electron chi connectivity index (χ2n) is 26.3. The van der Waals surface area contributed by atoms with Crippen LogP contribution in [0.15, 0.2) is 328 Å². The van der Waals surface area contributed by atoms with Gasteiger partial charge in [-0.05, 0) is 171 Å². The molecular formula is C90H54BN5O. The molecule has 0 amide bonds. The lowest BCUT2D eigenvalue weighted by Crippen LogP contribution is -2.58. The smallest absolute Gasteiger partial charge is 0.256 e. The van der Waals surface area contributed by atoms with Crippen molar-refractivity contribution in [2.24, 2.45) is 0 Å². The Morgan fingerprint density at radius 1 is 0.216 bits per heavy atom. The van der Waals surface area contributed by atoms with Crippen LogP contribution in [0.1, 0.15) is 0 Å². The summed E-state index contributed by atoms with van der Waals surface area (Å²) in [5.74, 6) is 1.73. The third kappa shape index (κ3) is 7.40. The molecule has 97 heavy (non-hydrogen) atoms. The number of rotatable bonds is 7. The monoisotopic (exact) mass is 1230 g/mol. The van der Waals surface area contributed by atoms with E-state index in [-0.39, 0.29) is 6.71 Å². The van der Waals surface area contributed by atoms with Gasteiger partial charge in [0.2, 0.25) is 0 Å². The highest BCUT2D eigenvalue weighted by Crippen LogP contribution is 2.46. The Morgan fingerprint density at radius 2 is 0.588 bits per heavy atom. The Bertz CT molecular complexity index is 6690. The number of aromatic nitrogens is 5. The zero-order chi connectivity index (χ0) is 63.1. The molecule has 0 bridgehead atoms. The summed E-state index contributed by atoms with van der Waals surface area (Å²) in [5.41, 5.74) is 27.7. The largest absolute Gasteiger partial charge is 0.458 e. The van der Waals surface area contributed by atoms with Crippen molar-refractivity contribution in [3.63, 3.8) is 0 Å². The molecule has 448 valence electrons. The third-order valence-electron chi connectivity index (χ3n) is 21.3. The van der Waals surface area contributed by atoms with Crippen molar-refractivity contribution < 1.29 is 4.74 Å². The van der Waals surface area contributed by atoms with Crippen molar-refractivity contribution in [2.45, 2.75) is 0 Å². The van der Waals surface area contributed by atoms with Crippen LogP contribution in [0.5, 0.6) is 11.5 Å². The maximum absolute atomic E-state index is 7.51. The summed E-state index contributed by atoms with van der Waals surface area (Å²) in [5, 5.41) is 12.2. The van der Waals surface area contributed by atoms with Crippen LogP contribution in [0.25, 0.3) is 171 Å². The zero-order valence-corrected chi connectivity index (χ0v) is 52.4. The molecule has 0 N–H and O–H groups in total. The van der Waals surface area contributed by atoms with E-state index in [4.69, 9.17) is 4.74 Å². The SMILES string of the molecule is c1ccc(-c2ccc3c(c2)Oc2cc(-c4ccccc4-c4ccccc4)cc4c2B3c2cc(-n3c5ccccc5c5cc(-n6c7ccccc7c7ccccc76)ccc53)cc3c5cc(-n6c7ccccc7c7cc(-n8c9ccccc9c9ccccc98)ccc76)ccc5n-4c23)cc1. The van der Waals surface area contributed by atoms with Crippen LogP contribution in [-0.2, 0) is 0 Å². The van der Waals surface area contributed by atoms with E-state index in [1.54, 1.807) is 0 Å². The summed E-state index contributed by atoms with van der Waals surface area (Å²) in [6.07, 6.45) is 0. The van der Waals surface area contributed by atoms with Crippen molar-refractivity contribution in [3.05, 3.63) is 328 Å². The molecule has 0 saturated heterocycles. The van der Waals surface area contributed by atoms with Gasteiger partial charge in [0.15, 0.2) is 0 Å². The highest BCUT2D eigenvalue weighted by atomic mass is 16.5. The third-order valence-corrected chi connectivity index (χ3v) is 21.3. The molecule has 22 rings (SSSR count). The molecule has 0 saturated carbocycles. The van der Waals surface area contributed by atoms with Gasteiger partial charge in [-0.2, -0.15) is 0 Å². The summed E-state index contributed by atoms with van der Waals surface area (Å²) in [7, 11) is 0. The van der Waals surface area contributed by atoms with Crippen LogP contribution < -0.4 is 21.1 Å². The molecule has 0 atom stereocenters. The minimum absolute atomic E-state index is 0.188. The van der Waals surface area contributed by atoms with Gasteiger partial charge in [0.05, 0.1) is 49.7 Å². The quantitative estimate of drug-likeness (QED) is 0.146. The molecule has 0 spiro atoms. The van der Waals surface area contributed by atoms with E-state index in [1.807, 2.05) is 0 Å². The van der Waals surface area contributed by atoms with E-state index in [1.165, 1.54) is 98.0 Å². The summed E-state index contributed by atoms with van der Waals surface area (Å²) >= 11 is 0. The Hall–Kier alpha value is -12.8. The van der Waals surface area contributed by atoms with Crippen LogP contribution in [0.2, 0.25) is 0 Å². The first kappa shape index (κ1) is 52.6. The molecule has 15 aromatic carbocycles. The summed E-state index contributed by atoms with van der Waals surface area (Å²) in [6, 6.07) is 122. The number of para-hydroxylation sites is 6. The Balaban J connectivity index is 0.828. The molecule has 20 aromatic rings. The molecule has 6 nitrogen and oxygen atoms in total. The minimum Gasteiger partial charge on any atom is -0.458 e. The molecule has 2 aliphatic heterocycles. The van der Waals surface area contributed by atoms with Crippen molar-refractivity contribution >= 4 is 132 Å². The molecule has 5 aromatic heterocycles. The molecule has 7 heteroatoms. The predicted octanol–water partition coefficient (Wildman–Crippen LogP) is 21.1. The average Bonchev–Trinajstić information content (AvgIpc) is 1.60. The number of nitrogens with zero attached hydrogens (tertiary/aromatic N) is 5. The lowest BCUT2D eigenvalue weighted by Gasteiger charge is -2.34. The number of hydrogen-bond donors (Lipinski definition) is 0. The molecule has 7 heterocycles. The maximum atomic E-state index is 7.51. The van der Waals surface area contributed by atoms with E-state index >= 15 is 0 Å². The van der Waals surface area contributed by atoms with Gasteiger partial charge in [0.1, 0.15) is 11.5 Å². The Labute approximate surface area is 557 Å². The van der Waals surface area contributed by atoms with Crippen LogP contribution >= 0.6 is 0 Å². The summed E-state index contributed by atoms with van der Waals surface area (Å²) in [4.78, 5) is 0. The van der Waals surface area contributed by atoms with Crippen LogP contribution in [0.3, 0.4) is 0 Å². The summed E-state index contributed by atoms with van der Waals surface area (Å²) in [6.45, 7) is -0.188. The van der Waals surface area contributed by atoms with Gasteiger partial charge in [-0.15, -0.1) is 0 Å². The molecule has 0 radical (unpaired) electrons. The molecule has 2 aliphatic rings. The molecule has 0 aliphatic carbocycles. The van der Waals surface area contributed by atoms with Crippen LogP contribution in [-0.4, -0.2) is 29.5 Å². The van der Waals surface area contributed by atoms with Gasteiger partial charge in [-0.3, -0.25) is 0 Å². The Morgan fingerprint density at radius 3 is 1.08 bits per heavy atom. The number of benzene rings is 15. The fraction of sp³-hybridized carbons (Fsp3) is 0. The highest BCUT2D eigenvalue weighted by molar-refractivity contribution is 6.99. The van der Waals surface area contributed by atoms with Gasteiger partial charge >= 0.3 is 0 Å². The van der Waals surface area contributed by atoms with E-state index in [9.17, 15) is 0 Å². The van der Waals surface area contributed by atoms with Gasteiger partial charge in [-0.25, -0.2) is 0 Å². The standard InChI is InChI=1S/C90H54BN5O/c1-3-21-55(22-4-1)57-39-43-75-87(48-57)97-88-49-58(64-26-8-7-25-63(64)56-23-5-2-6-24-56)47-86-89(88)91(75)76-54-62(95-82-38-20-14-32-70(82)72-51-60(41-45-84(72)95)93-79-35-17-11-29-67(79)68-30-12-18-36-80(68)93)53-74-73-52-61(42-46-85(73)96(86)90(74)76)94-81-37-19-13-31-69(81)71-50-59(40-44-83(71)94)92-77-33-15-9-27-65(77)66-28-10-16-34-78(66)92/h1-54H. The number of fused-ring (bicyclic) bond motifs is 19. The number of ether oxygens (including phenoxy) is 1. The second kappa shape index (κ2) is 19.9. The maximum Gasteiger partial charge on any atom is 0.256 e. The van der Waals surface area contributed by atoms with Gasteiger partial charge < -0.3 is 27.6 Å². The zero-order valence-electron chi connectivity index (χ0n) is 52.4. The first-order valence-electron chi connectivity index (χ1n) is 33.5. The van der Waals surface area contributed by atoms with Crippen molar-refractivity contribution in [1.29, 1.82) is 0 Å².